The van der Waals surface area contributed by atoms with E-state index in [-0.39, 0.29) is 12.5 Å². The van der Waals surface area contributed by atoms with Crippen molar-refractivity contribution >= 4 is 17.8 Å². The van der Waals surface area contributed by atoms with E-state index in [1.54, 1.807) is 25.5 Å². The lowest BCUT2D eigenvalue weighted by molar-refractivity contribution is -0.123. The van der Waals surface area contributed by atoms with Crippen LogP contribution in [0.4, 0.5) is 0 Å². The van der Waals surface area contributed by atoms with Crippen LogP contribution < -0.4 is 14.8 Å². The number of ether oxygens (including phenoxy) is 2. The Morgan fingerprint density at radius 3 is 2.19 bits per heavy atom. The summed E-state index contributed by atoms with van der Waals surface area (Å²) >= 11 is 0. The zero-order valence-corrected chi connectivity index (χ0v) is 17.5. The van der Waals surface area contributed by atoms with E-state index in [4.69, 9.17) is 9.47 Å². The Hall–Kier alpha value is -3.93. The highest BCUT2D eigenvalue weighted by Gasteiger charge is 2.23. The van der Waals surface area contributed by atoms with Gasteiger partial charge in [0.2, 0.25) is 0 Å². The predicted octanol–water partition coefficient (Wildman–Crippen LogP) is 4.06. The van der Waals surface area contributed by atoms with Crippen LogP contribution in [0.1, 0.15) is 23.6 Å². The Labute approximate surface area is 181 Å². The topological polar surface area (TPSA) is 72.3 Å². The number of nitrogens with one attached hydrogen (secondary N) is 1. The van der Waals surface area contributed by atoms with Crippen LogP contribution in [0.5, 0.6) is 11.5 Å². The van der Waals surface area contributed by atoms with E-state index >= 15 is 0 Å². The number of fused-ring (bicyclic) bond motifs is 3. The second-order valence-corrected chi connectivity index (χ2v) is 6.94. The zero-order chi connectivity index (χ0) is 21.6. The van der Waals surface area contributed by atoms with Crippen molar-refractivity contribution in [1.82, 2.24) is 5.32 Å². The molecule has 1 aliphatic rings. The van der Waals surface area contributed by atoms with Crippen LogP contribution >= 0.6 is 0 Å². The number of nitrogens with zero attached hydrogens (tertiary/aromatic N) is 2. The van der Waals surface area contributed by atoms with E-state index in [9.17, 15) is 4.79 Å². The first-order valence-corrected chi connectivity index (χ1v) is 10.1. The number of hydrogen-bond acceptors (Lipinski definition) is 5. The Kier molecular flexibility index (Phi) is 6.08. The third-order valence-corrected chi connectivity index (χ3v) is 4.94. The summed E-state index contributed by atoms with van der Waals surface area (Å²) in [5, 5.41) is 11.5. The number of likely N-dealkylation sites (N-methyl/N-ethyl adjacent to an activating group) is 1. The molecule has 0 heterocycles. The fourth-order valence-electron chi connectivity index (χ4n) is 3.53. The van der Waals surface area contributed by atoms with Crippen molar-refractivity contribution in [3.8, 4) is 22.6 Å². The van der Waals surface area contributed by atoms with Crippen molar-refractivity contribution in [2.45, 2.75) is 6.92 Å². The molecule has 4 rings (SSSR count). The fourth-order valence-corrected chi connectivity index (χ4v) is 3.53. The van der Waals surface area contributed by atoms with Crippen LogP contribution in [0, 0.1) is 0 Å². The largest absolute Gasteiger partial charge is 0.493 e. The molecule has 0 spiro atoms. The van der Waals surface area contributed by atoms with Gasteiger partial charge in [-0.2, -0.15) is 5.10 Å². The van der Waals surface area contributed by atoms with Gasteiger partial charge in [-0.15, -0.1) is 5.10 Å². The van der Waals surface area contributed by atoms with Gasteiger partial charge in [-0.05, 0) is 41.8 Å². The van der Waals surface area contributed by atoms with Crippen LogP contribution in [0.15, 0.2) is 76.9 Å². The van der Waals surface area contributed by atoms with Gasteiger partial charge < -0.3 is 14.8 Å². The minimum absolute atomic E-state index is 0.0654. The highest BCUT2D eigenvalue weighted by atomic mass is 16.5. The van der Waals surface area contributed by atoms with Crippen LogP contribution in [0.3, 0.4) is 0 Å². The second kappa shape index (κ2) is 9.26. The third-order valence-electron chi connectivity index (χ3n) is 4.94. The molecule has 3 aromatic carbocycles. The van der Waals surface area contributed by atoms with E-state index in [2.05, 4.69) is 39.8 Å². The van der Waals surface area contributed by atoms with E-state index in [0.29, 0.717) is 18.0 Å². The van der Waals surface area contributed by atoms with Crippen LogP contribution in [0.2, 0.25) is 0 Å². The molecule has 31 heavy (non-hydrogen) atoms. The number of hydrogen-bond donors (Lipinski definition) is 1. The number of amides is 1. The summed E-state index contributed by atoms with van der Waals surface area (Å²) in [6.45, 7) is 2.36. The molecule has 0 aromatic heterocycles. The highest BCUT2D eigenvalue weighted by molar-refractivity contribution is 6.24. The molecule has 0 atom stereocenters. The standard InChI is InChI=1S/C25H23N3O3/c1-3-26-24(29)16-31-22-13-12-17(14-23(22)30-2)15-27-28-25-20-10-6-4-8-18(20)19-9-5-7-11-21(19)25/h4-15H,3,16H2,1-2H3,(H,26,29)/b27-15-. The molecular weight excluding hydrogens is 390 g/mol. The van der Waals surface area contributed by atoms with Crippen molar-refractivity contribution in [3.05, 3.63) is 83.4 Å². The molecule has 0 bridgehead atoms. The summed E-state index contributed by atoms with van der Waals surface area (Å²) in [5.41, 5.74) is 6.16. The zero-order valence-electron chi connectivity index (χ0n) is 17.5. The first-order valence-electron chi connectivity index (χ1n) is 10.1. The van der Waals surface area contributed by atoms with Gasteiger partial charge in [0.1, 0.15) is 5.71 Å². The minimum Gasteiger partial charge on any atom is -0.493 e. The number of benzene rings is 3. The maximum absolute atomic E-state index is 11.6. The lowest BCUT2D eigenvalue weighted by Crippen LogP contribution is -2.28. The molecule has 6 heteroatoms. The van der Waals surface area contributed by atoms with Gasteiger partial charge in [-0.3, -0.25) is 4.79 Å². The van der Waals surface area contributed by atoms with E-state index in [1.807, 2.05) is 37.3 Å². The van der Waals surface area contributed by atoms with Gasteiger partial charge >= 0.3 is 0 Å². The van der Waals surface area contributed by atoms with E-state index in [0.717, 1.165) is 22.4 Å². The van der Waals surface area contributed by atoms with Crippen molar-refractivity contribution in [2.24, 2.45) is 10.2 Å². The van der Waals surface area contributed by atoms with Gasteiger partial charge in [-0.1, -0.05) is 48.5 Å². The number of carbonyl (C=O) groups is 1. The van der Waals surface area contributed by atoms with Gasteiger partial charge in [0.15, 0.2) is 18.1 Å². The highest BCUT2D eigenvalue weighted by Crippen LogP contribution is 2.36. The van der Waals surface area contributed by atoms with Crippen molar-refractivity contribution < 1.29 is 14.3 Å². The molecule has 1 aliphatic carbocycles. The van der Waals surface area contributed by atoms with Crippen LogP contribution in [0.25, 0.3) is 11.1 Å². The molecule has 6 nitrogen and oxygen atoms in total. The van der Waals surface area contributed by atoms with Gasteiger partial charge in [-0.25, -0.2) is 0 Å². The summed E-state index contributed by atoms with van der Waals surface area (Å²) in [6, 6.07) is 21.8. The quantitative estimate of drug-likeness (QED) is 0.367. The Balaban J connectivity index is 1.55. The SMILES string of the molecule is CCNC(=O)COc1ccc(/C=N\N=C2c3ccccc3-c3ccccc32)cc1OC. The molecular formula is C25H23N3O3. The van der Waals surface area contributed by atoms with Gasteiger partial charge in [0, 0.05) is 17.7 Å². The summed E-state index contributed by atoms with van der Waals surface area (Å²) in [4.78, 5) is 11.6. The molecule has 0 radical (unpaired) electrons. The molecule has 0 fully saturated rings. The Morgan fingerprint density at radius 2 is 1.58 bits per heavy atom. The van der Waals surface area contributed by atoms with Crippen molar-refractivity contribution in [3.63, 3.8) is 0 Å². The number of methoxy groups -OCH3 is 1. The Morgan fingerprint density at radius 1 is 0.935 bits per heavy atom. The summed E-state index contributed by atoms with van der Waals surface area (Å²) < 4.78 is 10.9. The monoisotopic (exact) mass is 413 g/mol. The van der Waals surface area contributed by atoms with Crippen LogP contribution in [-0.4, -0.2) is 38.1 Å². The fraction of sp³-hybridized carbons (Fsp3) is 0.160. The molecule has 0 saturated heterocycles. The molecule has 1 amide bonds. The smallest absolute Gasteiger partial charge is 0.257 e. The second-order valence-electron chi connectivity index (χ2n) is 6.94. The van der Waals surface area contributed by atoms with Crippen molar-refractivity contribution in [1.29, 1.82) is 0 Å². The summed E-state index contributed by atoms with van der Waals surface area (Å²) in [6.07, 6.45) is 1.67. The average Bonchev–Trinajstić information content (AvgIpc) is 3.12. The van der Waals surface area contributed by atoms with E-state index < -0.39 is 0 Å². The lowest BCUT2D eigenvalue weighted by atomic mass is 10.1. The maximum Gasteiger partial charge on any atom is 0.257 e. The molecule has 156 valence electrons. The van der Waals surface area contributed by atoms with Gasteiger partial charge in [0.25, 0.3) is 5.91 Å². The van der Waals surface area contributed by atoms with Crippen LogP contribution in [-0.2, 0) is 4.79 Å². The maximum atomic E-state index is 11.6. The molecule has 3 aromatic rings. The Bertz CT molecular complexity index is 1120. The molecule has 0 unspecified atom stereocenters. The number of carbonyl (C=O) groups excluding carboxylic acids is 1. The third kappa shape index (κ3) is 4.33. The number of rotatable bonds is 7. The first-order chi connectivity index (χ1) is 15.2. The summed E-state index contributed by atoms with van der Waals surface area (Å²) in [5.74, 6) is 0.844. The molecule has 0 saturated carbocycles. The molecule has 1 N–H and O–H groups in total. The minimum atomic E-state index is -0.178. The van der Waals surface area contributed by atoms with E-state index in [1.165, 1.54) is 11.1 Å². The van der Waals surface area contributed by atoms with Crippen molar-refractivity contribution in [2.75, 3.05) is 20.3 Å². The normalized spacial score (nSPS) is 11.7. The lowest BCUT2D eigenvalue weighted by Gasteiger charge is -2.10. The average molecular weight is 413 g/mol. The summed E-state index contributed by atoms with van der Waals surface area (Å²) in [7, 11) is 1.56. The predicted molar refractivity (Wildman–Crippen MR) is 122 cm³/mol. The first kappa shape index (κ1) is 20.3. The molecule has 0 aliphatic heterocycles. The van der Waals surface area contributed by atoms with Gasteiger partial charge in [0.05, 0.1) is 13.3 Å².